The maximum absolute atomic E-state index is 3.64. The van der Waals surface area contributed by atoms with E-state index in [1.54, 1.807) is 0 Å². The molecule has 0 heteroatoms. The molecule has 0 aliphatic rings. The summed E-state index contributed by atoms with van der Waals surface area (Å²) in [6.45, 7) is 5.90. The van der Waals surface area contributed by atoms with Crippen LogP contribution in [0, 0.1) is 0 Å². The van der Waals surface area contributed by atoms with Crippen LogP contribution in [0.5, 0.6) is 0 Å². The van der Waals surface area contributed by atoms with E-state index in [0.29, 0.717) is 0 Å². The maximum atomic E-state index is 3.64. The second-order valence-corrected chi connectivity index (χ2v) is 3.92. The fourth-order valence-corrected chi connectivity index (χ4v) is 1.49. The molecule has 15 heavy (non-hydrogen) atoms. The first-order valence-corrected chi connectivity index (χ1v) is 6.34. The molecule has 0 amide bonds. The molecule has 0 radical (unpaired) electrons. The predicted octanol–water partition coefficient (Wildman–Crippen LogP) is 5.43. The molecule has 0 bridgehead atoms. The van der Waals surface area contributed by atoms with Crippen molar-refractivity contribution in [2.75, 3.05) is 0 Å². The minimum Gasteiger partial charge on any atom is -0.0991 e. The van der Waals surface area contributed by atoms with Crippen LogP contribution in [0.2, 0.25) is 0 Å². The van der Waals surface area contributed by atoms with Crippen molar-refractivity contribution in [3.05, 3.63) is 37.0 Å². The van der Waals surface area contributed by atoms with E-state index >= 15 is 0 Å². The Morgan fingerprint density at radius 1 is 0.800 bits per heavy atom. The van der Waals surface area contributed by atoms with Crippen molar-refractivity contribution in [3.63, 3.8) is 0 Å². The van der Waals surface area contributed by atoms with Gasteiger partial charge < -0.3 is 0 Å². The van der Waals surface area contributed by atoms with Crippen LogP contribution in [-0.2, 0) is 0 Å². The Kier molecular flexibility index (Phi) is 12.5. The zero-order valence-electron chi connectivity index (χ0n) is 10.3. The van der Waals surface area contributed by atoms with Crippen molar-refractivity contribution in [2.24, 2.45) is 0 Å². The maximum Gasteiger partial charge on any atom is -0.0313 e. The molecule has 0 saturated heterocycles. The zero-order chi connectivity index (χ0) is 11.2. The molecule has 0 N–H and O–H groups in total. The number of hydrogen-bond donors (Lipinski definition) is 0. The van der Waals surface area contributed by atoms with Crippen molar-refractivity contribution in [1.29, 1.82) is 0 Å². The molecule has 0 unspecified atom stereocenters. The summed E-state index contributed by atoms with van der Waals surface area (Å²) in [5.74, 6) is 0. The van der Waals surface area contributed by atoms with E-state index in [0.717, 1.165) is 6.42 Å². The van der Waals surface area contributed by atoms with Crippen LogP contribution in [0.15, 0.2) is 37.0 Å². The molecular weight excluding hydrogens is 180 g/mol. The number of unbranched alkanes of at least 4 members (excludes halogenated alkanes) is 6. The number of hydrogen-bond acceptors (Lipinski definition) is 0. The lowest BCUT2D eigenvalue weighted by Crippen LogP contribution is -1.75. The molecule has 86 valence electrons. The smallest absolute Gasteiger partial charge is 0.0313 e. The molecule has 0 saturated carbocycles. The van der Waals surface area contributed by atoms with Gasteiger partial charge in [0.1, 0.15) is 0 Å². The third-order valence-electron chi connectivity index (χ3n) is 2.41. The summed E-state index contributed by atoms with van der Waals surface area (Å²) in [6.07, 6.45) is 21.1. The van der Waals surface area contributed by atoms with Gasteiger partial charge in [-0.05, 0) is 25.7 Å². The van der Waals surface area contributed by atoms with Crippen LogP contribution < -0.4 is 0 Å². The quantitative estimate of drug-likeness (QED) is 0.254. The molecule has 0 aliphatic heterocycles. The fourth-order valence-electron chi connectivity index (χ4n) is 1.49. The lowest BCUT2D eigenvalue weighted by atomic mass is 10.1. The first-order valence-electron chi connectivity index (χ1n) is 6.34. The molecule has 0 aromatic carbocycles. The molecule has 0 fully saturated rings. The Hall–Kier alpha value is -0.780. The van der Waals surface area contributed by atoms with Gasteiger partial charge in [-0.25, -0.2) is 0 Å². The van der Waals surface area contributed by atoms with Gasteiger partial charge in [0, 0.05) is 0 Å². The van der Waals surface area contributed by atoms with Crippen molar-refractivity contribution in [2.45, 2.75) is 58.3 Å². The normalized spacial score (nSPS) is 11.5. The average Bonchev–Trinajstić information content (AvgIpc) is 2.26. The third-order valence-corrected chi connectivity index (χ3v) is 2.41. The Bertz CT molecular complexity index is 174. The highest BCUT2D eigenvalue weighted by Gasteiger charge is 1.86. The number of allylic oxidation sites excluding steroid dienone is 5. The van der Waals surface area contributed by atoms with Crippen LogP contribution in [0.3, 0.4) is 0 Å². The third kappa shape index (κ3) is 13.2. The van der Waals surface area contributed by atoms with Crippen molar-refractivity contribution in [1.82, 2.24) is 0 Å². The minimum atomic E-state index is 1.14. The molecule has 0 aromatic rings. The number of rotatable bonds is 10. The molecule has 0 aliphatic carbocycles. The Labute approximate surface area is 95.8 Å². The van der Waals surface area contributed by atoms with Gasteiger partial charge in [-0.1, -0.05) is 69.6 Å². The molecule has 0 heterocycles. The van der Waals surface area contributed by atoms with Crippen LogP contribution >= 0.6 is 0 Å². The summed E-state index contributed by atoms with van der Waals surface area (Å²) in [6, 6.07) is 0. The van der Waals surface area contributed by atoms with Gasteiger partial charge in [0.2, 0.25) is 0 Å². The summed E-state index contributed by atoms with van der Waals surface area (Å²) in [7, 11) is 0. The minimum absolute atomic E-state index is 1.14. The van der Waals surface area contributed by atoms with Crippen LogP contribution in [0.1, 0.15) is 58.3 Å². The highest BCUT2D eigenvalue weighted by molar-refractivity contribution is 4.98. The van der Waals surface area contributed by atoms with E-state index in [-0.39, 0.29) is 0 Å². The lowest BCUT2D eigenvalue weighted by Gasteiger charge is -1.95. The first kappa shape index (κ1) is 14.2. The summed E-state index contributed by atoms with van der Waals surface area (Å²) in [5.41, 5.74) is 0. The van der Waals surface area contributed by atoms with Crippen molar-refractivity contribution >= 4 is 0 Å². The fraction of sp³-hybridized carbons (Fsp3) is 0.600. The van der Waals surface area contributed by atoms with E-state index in [9.17, 15) is 0 Å². The predicted molar refractivity (Wildman–Crippen MR) is 71.1 cm³/mol. The van der Waals surface area contributed by atoms with Crippen LogP contribution in [0.4, 0.5) is 0 Å². The lowest BCUT2D eigenvalue weighted by molar-refractivity contribution is 0.637. The van der Waals surface area contributed by atoms with Crippen LogP contribution in [0.25, 0.3) is 0 Å². The van der Waals surface area contributed by atoms with Gasteiger partial charge in [0.25, 0.3) is 0 Å². The van der Waals surface area contributed by atoms with E-state index in [2.05, 4.69) is 31.7 Å². The van der Waals surface area contributed by atoms with Crippen LogP contribution in [-0.4, -0.2) is 0 Å². The van der Waals surface area contributed by atoms with Crippen molar-refractivity contribution in [3.8, 4) is 0 Å². The summed E-state index contributed by atoms with van der Waals surface area (Å²) in [5, 5.41) is 0. The summed E-state index contributed by atoms with van der Waals surface area (Å²) in [4.78, 5) is 0. The molecule has 0 aromatic heterocycles. The monoisotopic (exact) mass is 206 g/mol. The molecule has 0 nitrogen and oxygen atoms in total. The SMILES string of the molecule is C=CC=CCCC=CCCCCCCC. The molecule has 0 spiro atoms. The van der Waals surface area contributed by atoms with Gasteiger partial charge in [-0.3, -0.25) is 0 Å². The van der Waals surface area contributed by atoms with E-state index in [4.69, 9.17) is 0 Å². The van der Waals surface area contributed by atoms with Gasteiger partial charge in [0.15, 0.2) is 0 Å². The largest absolute Gasteiger partial charge is 0.0991 e. The second-order valence-electron chi connectivity index (χ2n) is 3.92. The van der Waals surface area contributed by atoms with Gasteiger partial charge >= 0.3 is 0 Å². The highest BCUT2D eigenvalue weighted by Crippen LogP contribution is 2.05. The standard InChI is InChI=1S/C15H26/c1-3-5-7-9-11-13-15-14-12-10-8-6-4-2/h3,5,7,13,15H,1,4,6,8-12,14H2,2H3. The summed E-state index contributed by atoms with van der Waals surface area (Å²) < 4.78 is 0. The molecule has 0 atom stereocenters. The van der Waals surface area contributed by atoms with Gasteiger partial charge in [-0.15, -0.1) is 0 Å². The molecule has 0 rings (SSSR count). The van der Waals surface area contributed by atoms with E-state index in [1.807, 2.05) is 12.2 Å². The van der Waals surface area contributed by atoms with Crippen molar-refractivity contribution < 1.29 is 0 Å². The van der Waals surface area contributed by atoms with E-state index < -0.39 is 0 Å². The summed E-state index contributed by atoms with van der Waals surface area (Å²) >= 11 is 0. The Morgan fingerprint density at radius 3 is 2.20 bits per heavy atom. The molecular formula is C15H26. The zero-order valence-corrected chi connectivity index (χ0v) is 10.3. The highest BCUT2D eigenvalue weighted by atomic mass is 13.9. The first-order chi connectivity index (χ1) is 7.41. The average molecular weight is 206 g/mol. The Morgan fingerprint density at radius 2 is 1.47 bits per heavy atom. The second kappa shape index (κ2) is 13.2. The topological polar surface area (TPSA) is 0 Å². The van der Waals surface area contributed by atoms with E-state index in [1.165, 1.54) is 44.9 Å². The van der Waals surface area contributed by atoms with Gasteiger partial charge in [0.05, 0.1) is 0 Å². The Balaban J connectivity index is 3.10. The van der Waals surface area contributed by atoms with Gasteiger partial charge in [-0.2, -0.15) is 0 Å².